The van der Waals surface area contributed by atoms with Crippen molar-refractivity contribution >= 4 is 17.0 Å². The number of unbranched alkanes of at least 4 members (excludes halogenated alkanes) is 1. The zero-order valence-corrected chi connectivity index (χ0v) is 18.1. The Bertz CT molecular complexity index is 823. The molecule has 0 unspecified atom stereocenters. The van der Waals surface area contributed by atoms with E-state index in [-0.39, 0.29) is 17.9 Å². The highest BCUT2D eigenvalue weighted by molar-refractivity contribution is 5.85. The van der Waals surface area contributed by atoms with Gasteiger partial charge < -0.3 is 15.2 Å². The van der Waals surface area contributed by atoms with Gasteiger partial charge in [0, 0.05) is 22.2 Å². The summed E-state index contributed by atoms with van der Waals surface area (Å²) in [5.41, 5.74) is 3.60. The fourth-order valence-electron chi connectivity index (χ4n) is 3.26. The number of alkyl carbamates (subject to hydrolysis) is 1. The van der Waals surface area contributed by atoms with Crippen molar-refractivity contribution in [2.45, 2.75) is 79.4 Å². The van der Waals surface area contributed by atoms with Gasteiger partial charge in [0.15, 0.2) is 0 Å². The van der Waals surface area contributed by atoms with E-state index in [4.69, 9.17) is 9.72 Å². The van der Waals surface area contributed by atoms with Gasteiger partial charge >= 0.3 is 6.09 Å². The number of hydrogen-bond acceptors (Lipinski definition) is 4. The molecule has 0 bridgehead atoms. The van der Waals surface area contributed by atoms with Crippen molar-refractivity contribution < 1.29 is 14.6 Å². The number of ether oxygens (including phenoxy) is 1. The molecule has 2 aromatic rings. The molecule has 2 rings (SSSR count). The molecule has 0 spiro atoms. The average molecular weight is 387 g/mol. The highest BCUT2D eigenvalue weighted by Crippen LogP contribution is 2.30. The number of phenols is 1. The molecule has 0 saturated heterocycles. The molecule has 5 heteroatoms. The number of phenolic OH excluding ortho intramolecular Hbond substituents is 1. The Kier molecular flexibility index (Phi) is 7.28. The quantitative estimate of drug-likeness (QED) is 0.658. The molecular weight excluding hydrogens is 352 g/mol. The lowest BCUT2D eigenvalue weighted by atomic mass is 9.93. The standard InChI is InChI=1S/C23H34N2O3/c1-7-8-9-17-18-13-16(26)10-11-20(18)24-21(12-15(2)3)19(17)14-28-22(27)25-23(4,5)6/h10-11,13,15,26H,7-9,12,14H2,1-6H3,(H,25,27). The van der Waals surface area contributed by atoms with Crippen LogP contribution in [0.25, 0.3) is 10.9 Å². The number of nitrogens with one attached hydrogen (secondary N) is 1. The molecule has 0 atom stereocenters. The van der Waals surface area contributed by atoms with E-state index in [2.05, 4.69) is 26.1 Å². The normalized spacial score (nSPS) is 11.8. The third kappa shape index (κ3) is 6.11. The van der Waals surface area contributed by atoms with Crippen molar-refractivity contribution in [3.63, 3.8) is 0 Å². The van der Waals surface area contributed by atoms with E-state index in [1.165, 1.54) is 0 Å². The number of fused-ring (bicyclic) bond motifs is 1. The summed E-state index contributed by atoms with van der Waals surface area (Å²) in [6.07, 6.45) is 3.34. The molecule has 0 saturated carbocycles. The van der Waals surface area contributed by atoms with E-state index in [1.54, 1.807) is 12.1 Å². The number of aromatic hydroxyl groups is 1. The molecule has 0 radical (unpaired) electrons. The van der Waals surface area contributed by atoms with E-state index >= 15 is 0 Å². The number of nitrogens with zero attached hydrogens (tertiary/aromatic N) is 1. The van der Waals surface area contributed by atoms with Gasteiger partial charge in [0.05, 0.1) is 5.52 Å². The first-order valence-electron chi connectivity index (χ1n) is 10.2. The van der Waals surface area contributed by atoms with Gasteiger partial charge in [-0.2, -0.15) is 0 Å². The van der Waals surface area contributed by atoms with Crippen molar-refractivity contribution in [3.05, 3.63) is 35.0 Å². The van der Waals surface area contributed by atoms with Crippen LogP contribution in [-0.2, 0) is 24.2 Å². The van der Waals surface area contributed by atoms with Crippen LogP contribution in [0, 0.1) is 5.92 Å². The maximum Gasteiger partial charge on any atom is 0.407 e. The van der Waals surface area contributed by atoms with Crippen molar-refractivity contribution in [3.8, 4) is 5.75 Å². The SMILES string of the molecule is CCCCc1c(COC(=O)NC(C)(C)C)c(CC(C)C)nc2ccc(O)cc12. The molecule has 1 aromatic carbocycles. The number of aromatic nitrogens is 1. The van der Waals surface area contributed by atoms with Gasteiger partial charge in [-0.05, 0) is 69.7 Å². The summed E-state index contributed by atoms with van der Waals surface area (Å²) in [6.45, 7) is 12.4. The topological polar surface area (TPSA) is 71.5 Å². The van der Waals surface area contributed by atoms with Crippen LogP contribution in [0.4, 0.5) is 4.79 Å². The second-order valence-electron chi connectivity index (χ2n) is 8.87. The number of carbonyl (C=O) groups is 1. The summed E-state index contributed by atoms with van der Waals surface area (Å²) < 4.78 is 5.57. The van der Waals surface area contributed by atoms with E-state index in [1.807, 2.05) is 26.8 Å². The summed E-state index contributed by atoms with van der Waals surface area (Å²) >= 11 is 0. The van der Waals surface area contributed by atoms with E-state index in [0.717, 1.165) is 53.4 Å². The minimum atomic E-state index is -0.430. The largest absolute Gasteiger partial charge is 0.508 e. The van der Waals surface area contributed by atoms with Crippen molar-refractivity contribution in [2.24, 2.45) is 5.92 Å². The average Bonchev–Trinajstić information content (AvgIpc) is 2.56. The smallest absolute Gasteiger partial charge is 0.407 e. The molecule has 5 nitrogen and oxygen atoms in total. The number of aryl methyl sites for hydroxylation is 1. The van der Waals surface area contributed by atoms with Gasteiger partial charge in [0.2, 0.25) is 0 Å². The van der Waals surface area contributed by atoms with Gasteiger partial charge in [-0.15, -0.1) is 0 Å². The Balaban J connectivity index is 2.49. The Labute approximate surface area is 168 Å². The molecule has 0 aliphatic heterocycles. The van der Waals surface area contributed by atoms with Gasteiger partial charge in [-0.3, -0.25) is 4.98 Å². The van der Waals surface area contributed by atoms with E-state index < -0.39 is 6.09 Å². The number of rotatable bonds is 7. The summed E-state index contributed by atoms with van der Waals surface area (Å²) in [7, 11) is 0. The number of benzene rings is 1. The summed E-state index contributed by atoms with van der Waals surface area (Å²) in [5, 5.41) is 13.8. The molecular formula is C23H34N2O3. The van der Waals surface area contributed by atoms with Crippen molar-refractivity contribution in [2.75, 3.05) is 0 Å². The number of amides is 1. The first kappa shape index (κ1) is 22.0. The van der Waals surface area contributed by atoms with Crippen LogP contribution in [0.1, 0.15) is 71.2 Å². The van der Waals surface area contributed by atoms with E-state index in [0.29, 0.717) is 5.92 Å². The van der Waals surface area contributed by atoms with Crippen LogP contribution in [0.15, 0.2) is 18.2 Å². The minimum absolute atomic E-state index is 0.182. The Morgan fingerprint density at radius 1 is 1.25 bits per heavy atom. The Morgan fingerprint density at radius 2 is 1.96 bits per heavy atom. The van der Waals surface area contributed by atoms with Gasteiger partial charge in [0.25, 0.3) is 0 Å². The minimum Gasteiger partial charge on any atom is -0.508 e. The summed E-state index contributed by atoms with van der Waals surface area (Å²) in [6, 6.07) is 5.30. The van der Waals surface area contributed by atoms with Gasteiger partial charge in [-0.1, -0.05) is 27.2 Å². The van der Waals surface area contributed by atoms with Crippen LogP contribution < -0.4 is 5.32 Å². The van der Waals surface area contributed by atoms with Crippen LogP contribution in [0.2, 0.25) is 0 Å². The monoisotopic (exact) mass is 386 g/mol. The second kappa shape index (κ2) is 9.26. The maximum absolute atomic E-state index is 12.2. The van der Waals surface area contributed by atoms with Crippen molar-refractivity contribution in [1.82, 2.24) is 10.3 Å². The number of carbonyl (C=O) groups excluding carboxylic acids is 1. The summed E-state index contributed by atoms with van der Waals surface area (Å²) in [5.74, 6) is 0.657. The lowest BCUT2D eigenvalue weighted by Crippen LogP contribution is -2.40. The fraction of sp³-hybridized carbons (Fsp3) is 0.565. The zero-order chi connectivity index (χ0) is 20.9. The molecule has 28 heavy (non-hydrogen) atoms. The predicted molar refractivity (Wildman–Crippen MR) is 114 cm³/mol. The molecule has 0 fully saturated rings. The number of hydrogen-bond donors (Lipinski definition) is 2. The fourth-order valence-corrected chi connectivity index (χ4v) is 3.26. The van der Waals surface area contributed by atoms with Crippen molar-refractivity contribution in [1.29, 1.82) is 0 Å². The van der Waals surface area contributed by atoms with Crippen LogP contribution in [-0.4, -0.2) is 21.7 Å². The highest BCUT2D eigenvalue weighted by atomic mass is 16.5. The molecule has 1 heterocycles. The van der Waals surface area contributed by atoms with Gasteiger partial charge in [-0.25, -0.2) is 4.79 Å². The lowest BCUT2D eigenvalue weighted by molar-refractivity contribution is 0.130. The molecule has 0 aliphatic carbocycles. The molecule has 2 N–H and O–H groups in total. The van der Waals surface area contributed by atoms with Crippen LogP contribution in [0.5, 0.6) is 5.75 Å². The zero-order valence-electron chi connectivity index (χ0n) is 18.1. The summed E-state index contributed by atoms with van der Waals surface area (Å²) in [4.78, 5) is 17.1. The third-order valence-corrected chi connectivity index (χ3v) is 4.48. The molecule has 154 valence electrons. The van der Waals surface area contributed by atoms with Gasteiger partial charge in [0.1, 0.15) is 12.4 Å². The maximum atomic E-state index is 12.2. The van der Waals surface area contributed by atoms with Crippen LogP contribution >= 0.6 is 0 Å². The third-order valence-electron chi connectivity index (χ3n) is 4.48. The first-order chi connectivity index (χ1) is 13.1. The lowest BCUT2D eigenvalue weighted by Gasteiger charge is -2.22. The Morgan fingerprint density at radius 3 is 2.57 bits per heavy atom. The predicted octanol–water partition coefficient (Wildman–Crippen LogP) is 5.51. The molecule has 1 aromatic heterocycles. The molecule has 0 aliphatic rings. The van der Waals surface area contributed by atoms with Crippen LogP contribution in [0.3, 0.4) is 0 Å². The van der Waals surface area contributed by atoms with E-state index in [9.17, 15) is 9.90 Å². The second-order valence-corrected chi connectivity index (χ2v) is 8.87. The molecule has 1 amide bonds. The first-order valence-corrected chi connectivity index (χ1v) is 10.2. The highest BCUT2D eigenvalue weighted by Gasteiger charge is 2.19. The number of pyridine rings is 1. The Hall–Kier alpha value is -2.30.